The molecule has 2 heteroatoms. The van der Waals surface area contributed by atoms with E-state index >= 15 is 0 Å². The van der Waals surface area contributed by atoms with Crippen LogP contribution in [0.5, 0.6) is 0 Å². The maximum atomic E-state index is 3.66. The molecule has 0 radical (unpaired) electrons. The minimum atomic E-state index is 0.309. The molecule has 0 aromatic heterocycles. The quantitative estimate of drug-likeness (QED) is 0.459. The van der Waals surface area contributed by atoms with Crippen LogP contribution in [0.1, 0.15) is 12.8 Å². The third kappa shape index (κ3) is 0.829. The van der Waals surface area contributed by atoms with Gasteiger partial charge in [0.25, 0.3) is 0 Å². The zero-order valence-corrected chi connectivity index (χ0v) is 8.15. The molecule has 0 heterocycles. The van der Waals surface area contributed by atoms with Gasteiger partial charge in [-0.15, -0.1) is 0 Å². The highest BCUT2D eigenvalue weighted by atomic mass is 79.9. The van der Waals surface area contributed by atoms with E-state index in [2.05, 4.69) is 44.0 Å². The largest absolute Gasteiger partial charge is 0.0882 e. The summed E-state index contributed by atoms with van der Waals surface area (Å²) in [5, 5.41) is 0. The molecule has 0 aromatic rings. The van der Waals surface area contributed by atoms with Crippen LogP contribution in [0, 0.1) is 11.8 Å². The summed E-state index contributed by atoms with van der Waals surface area (Å²) >= 11 is 7.31. The first-order valence-electron chi connectivity index (χ1n) is 3.25. The van der Waals surface area contributed by atoms with Gasteiger partial charge in [0.1, 0.15) is 0 Å². The first kappa shape index (κ1) is 6.41. The van der Waals surface area contributed by atoms with Gasteiger partial charge in [-0.3, -0.25) is 0 Å². The summed E-state index contributed by atoms with van der Waals surface area (Å²) in [7, 11) is 0. The monoisotopic (exact) mass is 250 g/mol. The van der Waals surface area contributed by atoms with Crippen LogP contribution in [-0.4, -0.2) is 3.23 Å². The minimum absolute atomic E-state index is 0.309. The molecule has 1 fully saturated rings. The Hall–Kier alpha value is 0.700. The smallest absolute Gasteiger partial charge is 0.0874 e. The molecule has 1 saturated carbocycles. The topological polar surface area (TPSA) is 0 Å². The second kappa shape index (κ2) is 1.85. The lowest BCUT2D eigenvalue weighted by Crippen LogP contribution is -1.84. The first-order valence-corrected chi connectivity index (χ1v) is 4.84. The van der Waals surface area contributed by atoms with E-state index in [-0.39, 0.29) is 0 Å². The van der Waals surface area contributed by atoms with E-state index < -0.39 is 0 Å². The summed E-state index contributed by atoms with van der Waals surface area (Å²) < 4.78 is 0.309. The second-order valence-electron chi connectivity index (χ2n) is 2.83. The maximum Gasteiger partial charge on any atom is 0.0874 e. The predicted octanol–water partition coefficient (Wildman–Crippen LogP) is 3.07. The number of hydrogen-bond donors (Lipinski definition) is 0. The van der Waals surface area contributed by atoms with Crippen LogP contribution in [0.2, 0.25) is 0 Å². The van der Waals surface area contributed by atoms with Gasteiger partial charge < -0.3 is 0 Å². The molecule has 0 nitrogen and oxygen atoms in total. The molecule has 2 aliphatic rings. The minimum Gasteiger partial charge on any atom is -0.0882 e. The summed E-state index contributed by atoms with van der Waals surface area (Å²) in [6.07, 6.45) is 7.07. The number of rotatable bonds is 0. The van der Waals surface area contributed by atoms with Crippen molar-refractivity contribution in [2.45, 2.75) is 16.1 Å². The van der Waals surface area contributed by atoms with Crippen molar-refractivity contribution in [3.63, 3.8) is 0 Å². The van der Waals surface area contributed by atoms with Crippen LogP contribution < -0.4 is 0 Å². The van der Waals surface area contributed by atoms with Crippen molar-refractivity contribution in [1.82, 2.24) is 0 Å². The van der Waals surface area contributed by atoms with Gasteiger partial charge in [0.2, 0.25) is 0 Å². The standard InChI is InChI=1S/C7H8Br2/c8-7(9)5-3-1-2-4-6(5)7/h1-2,5-6H,3-4H2/t5-,6-/m1/s1. The third-order valence-electron chi connectivity index (χ3n) is 2.31. The van der Waals surface area contributed by atoms with Crippen LogP contribution in [0.3, 0.4) is 0 Å². The van der Waals surface area contributed by atoms with Gasteiger partial charge in [0, 0.05) is 0 Å². The molecule has 0 amide bonds. The molecular weight excluding hydrogens is 244 g/mol. The zero-order chi connectivity index (χ0) is 6.48. The lowest BCUT2D eigenvalue weighted by molar-refractivity contribution is 0.689. The Kier molecular flexibility index (Phi) is 1.32. The van der Waals surface area contributed by atoms with Gasteiger partial charge in [0.15, 0.2) is 0 Å². The fraction of sp³-hybridized carbons (Fsp3) is 0.714. The zero-order valence-electron chi connectivity index (χ0n) is 4.98. The van der Waals surface area contributed by atoms with Crippen molar-refractivity contribution >= 4 is 31.9 Å². The van der Waals surface area contributed by atoms with E-state index in [1.54, 1.807) is 0 Å². The molecule has 0 unspecified atom stereocenters. The normalized spacial score (nSPS) is 44.2. The Balaban J connectivity index is 2.14. The molecule has 2 atom stereocenters. The van der Waals surface area contributed by atoms with Crippen LogP contribution >= 0.6 is 31.9 Å². The number of allylic oxidation sites excluding steroid dienone is 2. The fourth-order valence-corrected chi connectivity index (χ4v) is 3.35. The van der Waals surface area contributed by atoms with Crippen molar-refractivity contribution in [1.29, 1.82) is 0 Å². The van der Waals surface area contributed by atoms with Crippen molar-refractivity contribution < 1.29 is 0 Å². The Morgan fingerprint density at radius 1 is 1.11 bits per heavy atom. The predicted molar refractivity (Wildman–Crippen MR) is 45.9 cm³/mol. The van der Waals surface area contributed by atoms with Crippen molar-refractivity contribution in [2.24, 2.45) is 11.8 Å². The molecule has 2 rings (SSSR count). The summed E-state index contributed by atoms with van der Waals surface area (Å²) in [6.45, 7) is 0. The highest BCUT2D eigenvalue weighted by Crippen LogP contribution is 2.66. The van der Waals surface area contributed by atoms with Crippen molar-refractivity contribution in [3.05, 3.63) is 12.2 Å². The molecule has 9 heavy (non-hydrogen) atoms. The highest BCUT2D eigenvalue weighted by molar-refractivity contribution is 9.25. The molecule has 50 valence electrons. The van der Waals surface area contributed by atoms with Crippen molar-refractivity contribution in [3.8, 4) is 0 Å². The third-order valence-corrected chi connectivity index (χ3v) is 4.66. The number of fused-ring (bicyclic) bond motifs is 1. The molecule has 0 aliphatic heterocycles. The Morgan fingerprint density at radius 2 is 1.56 bits per heavy atom. The Morgan fingerprint density at radius 3 is 1.89 bits per heavy atom. The van der Waals surface area contributed by atoms with Gasteiger partial charge in [-0.2, -0.15) is 0 Å². The van der Waals surface area contributed by atoms with Gasteiger partial charge in [-0.1, -0.05) is 44.0 Å². The fourth-order valence-electron chi connectivity index (χ4n) is 1.59. The van der Waals surface area contributed by atoms with E-state index in [1.807, 2.05) is 0 Å². The van der Waals surface area contributed by atoms with E-state index in [4.69, 9.17) is 0 Å². The SMILES string of the molecule is BrC1(Br)[C@@H]2CC=CC[C@H]21. The summed E-state index contributed by atoms with van der Waals surface area (Å²) in [4.78, 5) is 0. The van der Waals surface area contributed by atoms with Gasteiger partial charge in [0.05, 0.1) is 3.23 Å². The van der Waals surface area contributed by atoms with Gasteiger partial charge >= 0.3 is 0 Å². The summed E-state index contributed by atoms with van der Waals surface area (Å²) in [5.41, 5.74) is 0. The lowest BCUT2D eigenvalue weighted by atomic mass is 10.1. The van der Waals surface area contributed by atoms with E-state index in [9.17, 15) is 0 Å². The molecule has 0 spiro atoms. The molecule has 0 bridgehead atoms. The maximum absolute atomic E-state index is 3.66. The molecule has 2 aliphatic carbocycles. The van der Waals surface area contributed by atoms with Gasteiger partial charge in [-0.05, 0) is 24.7 Å². The van der Waals surface area contributed by atoms with Gasteiger partial charge in [-0.25, -0.2) is 0 Å². The van der Waals surface area contributed by atoms with E-state index in [0.717, 1.165) is 11.8 Å². The Labute approximate surface area is 72.0 Å². The van der Waals surface area contributed by atoms with E-state index in [0.29, 0.717) is 3.23 Å². The lowest BCUT2D eigenvalue weighted by Gasteiger charge is -1.95. The Bertz CT molecular complexity index is 144. The molecule has 0 aromatic carbocycles. The number of alkyl halides is 2. The summed E-state index contributed by atoms with van der Waals surface area (Å²) in [5.74, 6) is 1.73. The highest BCUT2D eigenvalue weighted by Gasteiger charge is 2.60. The summed E-state index contributed by atoms with van der Waals surface area (Å²) in [6, 6.07) is 0. The van der Waals surface area contributed by atoms with Crippen LogP contribution in [0.25, 0.3) is 0 Å². The van der Waals surface area contributed by atoms with Crippen LogP contribution in [0.15, 0.2) is 12.2 Å². The average Bonchev–Trinajstić information content (AvgIpc) is 2.39. The van der Waals surface area contributed by atoms with Crippen LogP contribution in [0.4, 0.5) is 0 Å². The molecule has 0 N–H and O–H groups in total. The first-order chi connectivity index (χ1) is 4.23. The second-order valence-corrected chi connectivity index (χ2v) is 6.52. The van der Waals surface area contributed by atoms with E-state index in [1.165, 1.54) is 12.8 Å². The average molecular weight is 252 g/mol. The number of hydrogen-bond acceptors (Lipinski definition) is 0. The molecule has 0 saturated heterocycles. The molecular formula is C7H8Br2. The van der Waals surface area contributed by atoms with Crippen LogP contribution in [-0.2, 0) is 0 Å². The van der Waals surface area contributed by atoms with Crippen molar-refractivity contribution in [2.75, 3.05) is 0 Å². The number of halogens is 2.